The zero-order valence-corrected chi connectivity index (χ0v) is 10.4. The summed E-state index contributed by atoms with van der Waals surface area (Å²) in [5, 5.41) is 0. The van der Waals surface area contributed by atoms with Crippen molar-refractivity contribution in [3.05, 3.63) is 34.1 Å². The van der Waals surface area contributed by atoms with Gasteiger partial charge in [-0.15, -0.1) is 0 Å². The second-order valence-corrected chi connectivity index (χ2v) is 3.75. The Hall–Kier alpha value is -1.23. The molecule has 0 aliphatic carbocycles. The molecule has 0 aliphatic heterocycles. The Labute approximate surface area is 97.8 Å². The maximum Gasteiger partial charge on any atom is 0.333 e. The van der Waals surface area contributed by atoms with Gasteiger partial charge in [0.2, 0.25) is 0 Å². The van der Waals surface area contributed by atoms with E-state index in [0.717, 1.165) is 0 Å². The van der Waals surface area contributed by atoms with Gasteiger partial charge in [-0.2, -0.15) is 0 Å². The monoisotopic (exact) mass is 274 g/mol. The number of methoxy groups -OCH3 is 1. The average molecular weight is 275 g/mol. The van der Waals surface area contributed by atoms with E-state index in [4.69, 9.17) is 11.5 Å². The molecule has 15 heavy (non-hydrogen) atoms. The topological polar surface area (TPSA) is 78.3 Å². The quantitative estimate of drug-likeness (QED) is 0.463. The van der Waals surface area contributed by atoms with Gasteiger partial charge in [-0.3, -0.25) is 0 Å². The Morgan fingerprint density at radius 2 is 2.07 bits per heavy atom. The lowest BCUT2D eigenvalue weighted by molar-refractivity contribution is -0.136. The molecule has 0 saturated heterocycles. The lowest BCUT2D eigenvalue weighted by atomic mass is 10.1. The molecule has 0 fully saturated rings. The first-order chi connectivity index (χ1) is 6.93. The van der Waals surface area contributed by atoms with Crippen LogP contribution in [-0.4, -0.2) is 13.1 Å². The van der Waals surface area contributed by atoms with E-state index in [1.165, 1.54) is 13.2 Å². The summed E-state index contributed by atoms with van der Waals surface area (Å²) in [6.07, 6.45) is 2.02. The first kappa shape index (κ1) is 13.8. The fourth-order valence-corrected chi connectivity index (χ4v) is 1.09. The molecule has 0 amide bonds. The van der Waals surface area contributed by atoms with E-state index < -0.39 is 5.97 Å². The maximum absolute atomic E-state index is 11.2. The number of allylic oxidation sites excluding steroid dienone is 2. The number of carbonyl (C=O) groups excluding carboxylic acids is 1. The van der Waals surface area contributed by atoms with Crippen molar-refractivity contribution in [1.29, 1.82) is 0 Å². The zero-order valence-electron chi connectivity index (χ0n) is 8.84. The van der Waals surface area contributed by atoms with E-state index in [9.17, 15) is 4.79 Å². The average Bonchev–Trinajstić information content (AvgIpc) is 2.22. The molecule has 0 aliphatic rings. The van der Waals surface area contributed by atoms with E-state index >= 15 is 0 Å². The van der Waals surface area contributed by atoms with E-state index in [-0.39, 0.29) is 0 Å². The molecule has 0 aromatic carbocycles. The minimum atomic E-state index is -0.409. The smallest absolute Gasteiger partial charge is 0.333 e. The van der Waals surface area contributed by atoms with Crippen molar-refractivity contribution in [3.63, 3.8) is 0 Å². The Kier molecular flexibility index (Phi) is 5.77. The van der Waals surface area contributed by atoms with Crippen LogP contribution >= 0.6 is 15.9 Å². The Morgan fingerprint density at radius 1 is 1.53 bits per heavy atom. The van der Waals surface area contributed by atoms with Crippen molar-refractivity contribution in [1.82, 2.24) is 0 Å². The number of hydrogen-bond acceptors (Lipinski definition) is 4. The molecule has 0 aromatic heterocycles. The normalized spacial score (nSPS) is 13.1. The van der Waals surface area contributed by atoms with Gasteiger partial charge in [0, 0.05) is 10.1 Å². The van der Waals surface area contributed by atoms with Crippen LogP contribution in [0.3, 0.4) is 0 Å². The molecular formula is C10H15BrN2O2. The van der Waals surface area contributed by atoms with Gasteiger partial charge < -0.3 is 16.2 Å². The summed E-state index contributed by atoms with van der Waals surface area (Å²) < 4.78 is 5.07. The first-order valence-electron chi connectivity index (χ1n) is 4.32. The van der Waals surface area contributed by atoms with E-state index in [2.05, 4.69) is 27.2 Å². The van der Waals surface area contributed by atoms with Gasteiger partial charge in [-0.25, -0.2) is 4.79 Å². The van der Waals surface area contributed by atoms with Crippen LogP contribution in [0.25, 0.3) is 0 Å². The van der Waals surface area contributed by atoms with Crippen molar-refractivity contribution in [2.45, 2.75) is 13.3 Å². The maximum atomic E-state index is 11.2. The van der Waals surface area contributed by atoms with Crippen LogP contribution < -0.4 is 11.5 Å². The summed E-state index contributed by atoms with van der Waals surface area (Å²) >= 11 is 3.10. The Balaban J connectivity index is 5.09. The molecular weight excluding hydrogens is 260 g/mol. The molecule has 0 radical (unpaired) electrons. The minimum absolute atomic E-state index is 0.291. The lowest BCUT2D eigenvalue weighted by Crippen LogP contribution is -2.11. The molecule has 84 valence electrons. The standard InChI is InChI=1S/C10H15BrN2O2/c1-4-7(10(14)15-3)5-8(12)9(13)6(2)11/h5H,2,4,12-13H2,1,3H3/b7-5+,9-8-. The predicted octanol–water partition coefficient (Wildman–Crippen LogP) is 1.53. The molecule has 0 atom stereocenters. The van der Waals surface area contributed by atoms with Gasteiger partial charge in [0.1, 0.15) is 0 Å². The summed E-state index contributed by atoms with van der Waals surface area (Å²) in [6.45, 7) is 5.41. The van der Waals surface area contributed by atoms with Crippen molar-refractivity contribution < 1.29 is 9.53 Å². The number of halogens is 1. The summed E-state index contributed by atoms with van der Waals surface area (Å²) in [7, 11) is 1.32. The largest absolute Gasteiger partial charge is 0.466 e. The molecule has 4 nitrogen and oxygen atoms in total. The Morgan fingerprint density at radius 3 is 2.40 bits per heavy atom. The third-order valence-corrected chi connectivity index (χ3v) is 2.19. The van der Waals surface area contributed by atoms with Gasteiger partial charge in [-0.05, 0) is 28.4 Å². The van der Waals surface area contributed by atoms with Crippen molar-refractivity contribution >= 4 is 21.9 Å². The van der Waals surface area contributed by atoms with Crippen LogP contribution in [0.2, 0.25) is 0 Å². The number of carbonyl (C=O) groups is 1. The summed E-state index contributed by atoms with van der Waals surface area (Å²) in [4.78, 5) is 11.2. The molecule has 0 bridgehead atoms. The van der Waals surface area contributed by atoms with Crippen LogP contribution in [0.15, 0.2) is 34.1 Å². The molecule has 0 aromatic rings. The van der Waals surface area contributed by atoms with Crippen LogP contribution in [0, 0.1) is 0 Å². The van der Waals surface area contributed by atoms with Gasteiger partial charge in [0.25, 0.3) is 0 Å². The highest BCUT2D eigenvalue weighted by Gasteiger charge is 2.08. The summed E-state index contributed by atoms with van der Waals surface area (Å²) in [5.41, 5.74) is 12.3. The fourth-order valence-electron chi connectivity index (χ4n) is 0.858. The molecule has 0 spiro atoms. The Bertz CT molecular complexity index is 332. The minimum Gasteiger partial charge on any atom is -0.466 e. The van der Waals surface area contributed by atoms with Gasteiger partial charge in [0.05, 0.1) is 18.5 Å². The van der Waals surface area contributed by atoms with Crippen molar-refractivity contribution in [2.75, 3.05) is 7.11 Å². The van der Waals surface area contributed by atoms with E-state index in [0.29, 0.717) is 27.9 Å². The molecule has 0 unspecified atom stereocenters. The van der Waals surface area contributed by atoms with E-state index in [1.807, 2.05) is 6.92 Å². The predicted molar refractivity (Wildman–Crippen MR) is 63.9 cm³/mol. The number of esters is 1. The lowest BCUT2D eigenvalue weighted by Gasteiger charge is -2.05. The number of hydrogen-bond donors (Lipinski definition) is 2. The fraction of sp³-hybridized carbons (Fsp3) is 0.300. The van der Waals surface area contributed by atoms with Crippen LogP contribution in [0.1, 0.15) is 13.3 Å². The highest BCUT2D eigenvalue weighted by molar-refractivity contribution is 9.11. The van der Waals surface area contributed by atoms with Crippen molar-refractivity contribution in [3.8, 4) is 0 Å². The van der Waals surface area contributed by atoms with Crippen molar-refractivity contribution in [2.24, 2.45) is 11.5 Å². The third-order valence-electron chi connectivity index (χ3n) is 1.76. The van der Waals surface area contributed by atoms with E-state index in [1.54, 1.807) is 0 Å². The van der Waals surface area contributed by atoms with Gasteiger partial charge in [-0.1, -0.05) is 13.5 Å². The highest BCUT2D eigenvalue weighted by Crippen LogP contribution is 2.14. The molecule has 0 heterocycles. The SMILES string of the molecule is C=C(Br)/C(N)=C(N)\C=C(/CC)C(=O)OC. The number of rotatable bonds is 4. The third kappa shape index (κ3) is 4.20. The number of nitrogens with two attached hydrogens (primary N) is 2. The summed E-state index contributed by atoms with van der Waals surface area (Å²) in [5.74, 6) is -0.409. The zero-order chi connectivity index (χ0) is 12.0. The van der Waals surface area contributed by atoms with Crippen LogP contribution in [-0.2, 0) is 9.53 Å². The number of ether oxygens (including phenoxy) is 1. The van der Waals surface area contributed by atoms with Crippen LogP contribution in [0.5, 0.6) is 0 Å². The molecule has 0 rings (SSSR count). The summed E-state index contributed by atoms with van der Waals surface area (Å²) in [6, 6.07) is 0. The van der Waals surface area contributed by atoms with Gasteiger partial charge in [0.15, 0.2) is 0 Å². The second kappa shape index (κ2) is 6.29. The van der Waals surface area contributed by atoms with Crippen LogP contribution in [0.4, 0.5) is 0 Å². The molecule has 4 N–H and O–H groups in total. The molecule has 0 saturated carbocycles. The highest BCUT2D eigenvalue weighted by atomic mass is 79.9. The molecule has 5 heteroatoms. The first-order valence-corrected chi connectivity index (χ1v) is 5.12. The van der Waals surface area contributed by atoms with Gasteiger partial charge >= 0.3 is 5.97 Å². The second-order valence-electron chi connectivity index (χ2n) is 2.79.